The highest BCUT2D eigenvalue weighted by molar-refractivity contribution is 5.75. The molecule has 1 aromatic rings. The predicted molar refractivity (Wildman–Crippen MR) is 85.0 cm³/mol. The van der Waals surface area contributed by atoms with Gasteiger partial charge in [-0.25, -0.2) is 0 Å². The minimum atomic E-state index is -0.343. The summed E-state index contributed by atoms with van der Waals surface area (Å²) in [6, 6.07) is 9.81. The van der Waals surface area contributed by atoms with E-state index in [9.17, 15) is 4.79 Å². The Balaban J connectivity index is 2.72. The average molecular weight is 274 g/mol. The second kappa shape index (κ2) is 9.32. The molecule has 0 bridgehead atoms. The van der Waals surface area contributed by atoms with Crippen molar-refractivity contribution in [2.45, 2.75) is 51.5 Å². The van der Waals surface area contributed by atoms with Crippen molar-refractivity contribution in [1.29, 1.82) is 0 Å². The highest BCUT2D eigenvalue weighted by atomic mass is 16.1. The predicted octanol–water partition coefficient (Wildman–Crippen LogP) is 3.24. The minimum Gasteiger partial charge on any atom is -0.370 e. The third-order valence-corrected chi connectivity index (χ3v) is 3.37. The van der Waals surface area contributed by atoms with Crippen molar-refractivity contribution in [3.63, 3.8) is 0 Å². The van der Waals surface area contributed by atoms with Crippen LogP contribution in [0.25, 0.3) is 6.08 Å². The van der Waals surface area contributed by atoms with E-state index in [2.05, 4.69) is 13.0 Å². The second-order valence-corrected chi connectivity index (χ2v) is 5.22. The summed E-state index contributed by atoms with van der Waals surface area (Å²) < 4.78 is 0. The summed E-state index contributed by atoms with van der Waals surface area (Å²) in [6.07, 6.45) is 8.01. The summed E-state index contributed by atoms with van der Waals surface area (Å²) in [5, 5.41) is 0. The zero-order valence-corrected chi connectivity index (χ0v) is 12.3. The first-order chi connectivity index (χ1) is 9.63. The fourth-order valence-electron chi connectivity index (χ4n) is 2.23. The lowest BCUT2D eigenvalue weighted by atomic mass is 9.96. The van der Waals surface area contributed by atoms with Gasteiger partial charge in [-0.3, -0.25) is 4.79 Å². The van der Waals surface area contributed by atoms with Crippen molar-refractivity contribution in [2.75, 3.05) is 0 Å². The third-order valence-electron chi connectivity index (χ3n) is 3.37. The molecule has 0 spiro atoms. The van der Waals surface area contributed by atoms with Crippen molar-refractivity contribution < 1.29 is 4.79 Å². The van der Waals surface area contributed by atoms with Gasteiger partial charge in [-0.15, -0.1) is 0 Å². The number of rotatable bonds is 9. The van der Waals surface area contributed by atoms with Crippen LogP contribution in [0.1, 0.15) is 51.0 Å². The molecule has 0 saturated carbocycles. The standard InChI is InChI=1S/C17H26N2O/c1-2-3-4-8-11-15(16(18)13-17(19)20)12-14-9-6-5-7-10-14/h5-7,9-10,12,16H,2-4,8,11,13,18H2,1H3,(H2,19,20)/b15-12+. The van der Waals surface area contributed by atoms with E-state index >= 15 is 0 Å². The smallest absolute Gasteiger partial charge is 0.219 e. The van der Waals surface area contributed by atoms with Crippen LogP contribution < -0.4 is 11.5 Å². The van der Waals surface area contributed by atoms with Crippen molar-refractivity contribution in [3.8, 4) is 0 Å². The van der Waals surface area contributed by atoms with Gasteiger partial charge >= 0.3 is 0 Å². The van der Waals surface area contributed by atoms with Crippen LogP contribution in [0.5, 0.6) is 0 Å². The summed E-state index contributed by atoms with van der Waals surface area (Å²) in [6.45, 7) is 2.19. The lowest BCUT2D eigenvalue weighted by Crippen LogP contribution is -2.29. The number of carbonyl (C=O) groups is 1. The van der Waals surface area contributed by atoms with E-state index in [-0.39, 0.29) is 18.4 Å². The molecule has 110 valence electrons. The lowest BCUT2D eigenvalue weighted by molar-refractivity contribution is -0.118. The summed E-state index contributed by atoms with van der Waals surface area (Å²) >= 11 is 0. The Hall–Kier alpha value is -1.61. The van der Waals surface area contributed by atoms with Gasteiger partial charge in [-0.05, 0) is 18.4 Å². The zero-order chi connectivity index (χ0) is 14.8. The maximum atomic E-state index is 11.1. The van der Waals surface area contributed by atoms with Crippen molar-refractivity contribution in [2.24, 2.45) is 11.5 Å². The minimum absolute atomic E-state index is 0.215. The highest BCUT2D eigenvalue weighted by Gasteiger charge is 2.12. The Labute approximate surface area is 122 Å². The van der Waals surface area contributed by atoms with Crippen molar-refractivity contribution >= 4 is 12.0 Å². The molecular weight excluding hydrogens is 248 g/mol. The van der Waals surface area contributed by atoms with Crippen LogP contribution in [0.2, 0.25) is 0 Å². The molecule has 20 heavy (non-hydrogen) atoms. The van der Waals surface area contributed by atoms with E-state index < -0.39 is 0 Å². The number of carbonyl (C=O) groups excluding carboxylic acids is 1. The fourth-order valence-corrected chi connectivity index (χ4v) is 2.23. The third kappa shape index (κ3) is 6.53. The Morgan fingerprint density at radius 2 is 1.90 bits per heavy atom. The van der Waals surface area contributed by atoms with Crippen LogP contribution in [-0.2, 0) is 4.79 Å². The molecule has 0 aliphatic heterocycles. The number of amides is 1. The van der Waals surface area contributed by atoms with Gasteiger partial charge in [-0.2, -0.15) is 0 Å². The van der Waals surface area contributed by atoms with Crippen LogP contribution in [-0.4, -0.2) is 11.9 Å². The molecule has 1 unspecified atom stereocenters. The topological polar surface area (TPSA) is 69.1 Å². The summed E-state index contributed by atoms with van der Waals surface area (Å²) in [5.74, 6) is -0.343. The molecule has 0 aliphatic carbocycles. The summed E-state index contributed by atoms with van der Waals surface area (Å²) in [4.78, 5) is 11.1. The largest absolute Gasteiger partial charge is 0.370 e. The summed E-state index contributed by atoms with van der Waals surface area (Å²) in [7, 11) is 0. The van der Waals surface area contributed by atoms with Crippen molar-refractivity contribution in [3.05, 3.63) is 41.5 Å². The normalized spacial score (nSPS) is 13.2. The van der Waals surface area contributed by atoms with Gasteiger partial charge in [0.2, 0.25) is 5.91 Å². The first kappa shape index (κ1) is 16.4. The molecule has 0 aliphatic rings. The fraction of sp³-hybridized carbons (Fsp3) is 0.471. The van der Waals surface area contributed by atoms with E-state index in [1.165, 1.54) is 19.3 Å². The molecule has 0 saturated heterocycles. The van der Waals surface area contributed by atoms with Gasteiger partial charge in [0.1, 0.15) is 0 Å². The Bertz CT molecular complexity index is 426. The van der Waals surface area contributed by atoms with Gasteiger partial charge in [-0.1, -0.05) is 68.2 Å². The molecule has 1 rings (SSSR count). The second-order valence-electron chi connectivity index (χ2n) is 5.22. The van der Waals surface area contributed by atoms with Gasteiger partial charge in [0.25, 0.3) is 0 Å². The first-order valence-electron chi connectivity index (χ1n) is 7.43. The Morgan fingerprint density at radius 1 is 1.20 bits per heavy atom. The van der Waals surface area contributed by atoms with E-state index in [1.807, 2.05) is 30.3 Å². The highest BCUT2D eigenvalue weighted by Crippen LogP contribution is 2.18. The number of primary amides is 1. The number of benzene rings is 1. The molecule has 0 aromatic heterocycles. The number of unbranched alkanes of at least 4 members (excludes halogenated alkanes) is 3. The molecule has 1 atom stereocenters. The van der Waals surface area contributed by atoms with E-state index in [0.717, 1.165) is 24.0 Å². The maximum Gasteiger partial charge on any atom is 0.219 e. The van der Waals surface area contributed by atoms with Gasteiger partial charge in [0, 0.05) is 12.5 Å². The number of hydrogen-bond donors (Lipinski definition) is 2. The first-order valence-corrected chi connectivity index (χ1v) is 7.43. The molecular formula is C17H26N2O. The summed E-state index contributed by atoms with van der Waals surface area (Å²) in [5.41, 5.74) is 13.6. The van der Waals surface area contributed by atoms with Gasteiger partial charge in [0.15, 0.2) is 0 Å². The molecule has 0 heterocycles. The molecule has 3 nitrogen and oxygen atoms in total. The number of hydrogen-bond acceptors (Lipinski definition) is 2. The molecule has 0 radical (unpaired) electrons. The van der Waals surface area contributed by atoms with Crippen LogP contribution in [0, 0.1) is 0 Å². The Kier molecular flexibility index (Phi) is 7.66. The van der Waals surface area contributed by atoms with Crippen LogP contribution in [0.3, 0.4) is 0 Å². The molecule has 3 heteroatoms. The Morgan fingerprint density at radius 3 is 2.50 bits per heavy atom. The van der Waals surface area contributed by atoms with Gasteiger partial charge < -0.3 is 11.5 Å². The quantitative estimate of drug-likeness (QED) is 0.679. The monoisotopic (exact) mass is 274 g/mol. The maximum absolute atomic E-state index is 11.1. The zero-order valence-electron chi connectivity index (χ0n) is 12.3. The van der Waals surface area contributed by atoms with Crippen LogP contribution in [0.4, 0.5) is 0 Å². The molecule has 1 amide bonds. The molecule has 4 N–H and O–H groups in total. The van der Waals surface area contributed by atoms with E-state index in [0.29, 0.717) is 0 Å². The van der Waals surface area contributed by atoms with Gasteiger partial charge in [0.05, 0.1) is 0 Å². The van der Waals surface area contributed by atoms with E-state index in [4.69, 9.17) is 11.5 Å². The average Bonchev–Trinajstić information content (AvgIpc) is 2.42. The van der Waals surface area contributed by atoms with E-state index in [1.54, 1.807) is 0 Å². The lowest BCUT2D eigenvalue weighted by Gasteiger charge is -2.15. The molecule has 1 aromatic carbocycles. The van der Waals surface area contributed by atoms with Crippen molar-refractivity contribution in [1.82, 2.24) is 0 Å². The molecule has 0 fully saturated rings. The van der Waals surface area contributed by atoms with Crippen LogP contribution >= 0.6 is 0 Å². The number of nitrogens with two attached hydrogens (primary N) is 2. The van der Waals surface area contributed by atoms with Crippen LogP contribution in [0.15, 0.2) is 35.9 Å². The SMILES string of the molecule is CCCCCC/C(=C\c1ccccc1)C(N)CC(N)=O.